The van der Waals surface area contributed by atoms with Gasteiger partial charge in [-0.15, -0.1) is 0 Å². The second-order valence-corrected chi connectivity index (χ2v) is 11.1. The summed E-state index contributed by atoms with van der Waals surface area (Å²) in [6, 6.07) is 29.5. The molecule has 1 aliphatic heterocycles. The van der Waals surface area contributed by atoms with E-state index < -0.39 is 15.6 Å². The maximum Gasteiger partial charge on any atom is 0.485 e. The molecule has 0 aromatic heterocycles. The standard InChI is InChI=1S/C24H24NOS.CHF3O3S/c26-24(20-15-17-25-18-16-20)19-11-13-23(14-12-19)27(21-7-3-1-4-8-21)22-9-5-2-6-10-22;2-1(3,4)8(5,6)7/h1-14,20,25H,15-18H2;(H,5,6,7)/q+1;/p-1. The zero-order valence-electron chi connectivity index (χ0n) is 18.6. The first-order valence-corrected chi connectivity index (χ1v) is 13.4. The van der Waals surface area contributed by atoms with Crippen LogP contribution >= 0.6 is 0 Å². The largest absolute Gasteiger partial charge is 0.741 e. The summed E-state index contributed by atoms with van der Waals surface area (Å²) in [6.07, 6.45) is 1.89. The smallest absolute Gasteiger partial charge is 0.485 e. The number of hydrogen-bond acceptors (Lipinski definition) is 5. The molecule has 1 saturated heterocycles. The second-order valence-electron chi connectivity index (χ2n) is 7.75. The van der Waals surface area contributed by atoms with E-state index >= 15 is 0 Å². The normalized spacial score (nSPS) is 14.8. The van der Waals surface area contributed by atoms with E-state index in [-0.39, 0.29) is 16.8 Å². The summed E-state index contributed by atoms with van der Waals surface area (Å²) >= 11 is 0. The molecule has 0 unspecified atom stereocenters. The number of alkyl halides is 3. The minimum atomic E-state index is -6.09. The fourth-order valence-electron chi connectivity index (χ4n) is 3.60. The van der Waals surface area contributed by atoms with Crippen LogP contribution in [0.3, 0.4) is 0 Å². The van der Waals surface area contributed by atoms with Gasteiger partial charge in [0.1, 0.15) is 0 Å². The summed E-state index contributed by atoms with van der Waals surface area (Å²) < 4.78 is 58.9. The van der Waals surface area contributed by atoms with Gasteiger partial charge in [0.05, 0.1) is 10.9 Å². The Labute approximate surface area is 205 Å². The van der Waals surface area contributed by atoms with Crippen molar-refractivity contribution in [3.8, 4) is 0 Å². The summed E-state index contributed by atoms with van der Waals surface area (Å²) in [5.74, 6) is 0.459. The van der Waals surface area contributed by atoms with E-state index in [0.29, 0.717) is 5.78 Å². The Morgan fingerprint density at radius 1 is 0.800 bits per heavy atom. The van der Waals surface area contributed by atoms with Crippen LogP contribution in [0.25, 0.3) is 0 Å². The van der Waals surface area contributed by atoms with E-state index in [4.69, 9.17) is 13.0 Å². The lowest BCUT2D eigenvalue weighted by Gasteiger charge is -2.21. The van der Waals surface area contributed by atoms with Crippen LogP contribution < -0.4 is 5.32 Å². The minimum Gasteiger partial charge on any atom is -0.741 e. The van der Waals surface area contributed by atoms with E-state index in [1.165, 1.54) is 14.7 Å². The van der Waals surface area contributed by atoms with Crippen molar-refractivity contribution in [2.75, 3.05) is 13.1 Å². The minimum absolute atomic E-state index is 0.162. The predicted octanol–water partition coefficient (Wildman–Crippen LogP) is 5.02. The van der Waals surface area contributed by atoms with Crippen LogP contribution in [-0.2, 0) is 21.0 Å². The Morgan fingerprint density at radius 2 is 1.20 bits per heavy atom. The summed E-state index contributed by atoms with van der Waals surface area (Å²) in [6.45, 7) is 1.89. The highest BCUT2D eigenvalue weighted by Gasteiger charge is 2.37. The number of benzene rings is 3. The van der Waals surface area contributed by atoms with E-state index in [1.54, 1.807) is 0 Å². The molecule has 5 nitrogen and oxygen atoms in total. The SMILES string of the molecule is O=C(c1ccc([S+](c2ccccc2)c2ccccc2)cc1)C1CCNCC1.O=S(=O)([O-])C(F)(F)F. The van der Waals surface area contributed by atoms with Crippen molar-refractivity contribution >= 4 is 26.8 Å². The van der Waals surface area contributed by atoms with Crippen molar-refractivity contribution in [1.82, 2.24) is 5.32 Å². The van der Waals surface area contributed by atoms with Gasteiger partial charge in [-0.1, -0.05) is 36.4 Å². The van der Waals surface area contributed by atoms with Gasteiger partial charge in [-0.05, 0) is 74.5 Å². The molecule has 3 aromatic rings. The number of carbonyl (C=O) groups is 1. The van der Waals surface area contributed by atoms with Gasteiger partial charge in [-0.25, -0.2) is 8.42 Å². The molecule has 0 bridgehead atoms. The van der Waals surface area contributed by atoms with Crippen LogP contribution in [0.2, 0.25) is 0 Å². The van der Waals surface area contributed by atoms with Gasteiger partial charge in [0.2, 0.25) is 0 Å². The predicted molar refractivity (Wildman–Crippen MR) is 127 cm³/mol. The molecule has 35 heavy (non-hydrogen) atoms. The Kier molecular flexibility index (Phi) is 9.12. The molecule has 0 aliphatic carbocycles. The van der Waals surface area contributed by atoms with Crippen molar-refractivity contribution in [2.24, 2.45) is 5.92 Å². The average Bonchev–Trinajstić information content (AvgIpc) is 2.85. The van der Waals surface area contributed by atoms with Crippen molar-refractivity contribution < 1.29 is 30.9 Å². The number of halogens is 3. The van der Waals surface area contributed by atoms with Gasteiger partial charge in [0.25, 0.3) is 0 Å². The highest BCUT2D eigenvalue weighted by atomic mass is 32.2. The summed E-state index contributed by atoms with van der Waals surface area (Å²) in [5.41, 5.74) is -4.80. The lowest BCUT2D eigenvalue weighted by Crippen LogP contribution is -2.31. The molecule has 1 heterocycles. The van der Waals surface area contributed by atoms with Crippen LogP contribution in [0.5, 0.6) is 0 Å². The highest BCUT2D eigenvalue weighted by Crippen LogP contribution is 2.31. The summed E-state index contributed by atoms with van der Waals surface area (Å²) in [5, 5.41) is 3.33. The Hall–Kier alpha value is -2.66. The van der Waals surface area contributed by atoms with E-state index in [1.807, 2.05) is 12.1 Å². The quantitative estimate of drug-likeness (QED) is 0.220. The van der Waals surface area contributed by atoms with Gasteiger partial charge in [-0.3, -0.25) is 4.79 Å². The Morgan fingerprint density at radius 3 is 1.60 bits per heavy atom. The molecule has 0 spiro atoms. The van der Waals surface area contributed by atoms with E-state index in [2.05, 4.69) is 78.1 Å². The monoisotopic (exact) mass is 523 g/mol. The molecule has 4 rings (SSSR count). The average molecular weight is 524 g/mol. The number of hydrogen-bond donors (Lipinski definition) is 1. The van der Waals surface area contributed by atoms with Crippen LogP contribution in [-0.4, -0.2) is 37.4 Å². The third kappa shape index (κ3) is 7.41. The zero-order valence-corrected chi connectivity index (χ0v) is 20.2. The summed E-state index contributed by atoms with van der Waals surface area (Å²) in [4.78, 5) is 16.6. The molecule has 186 valence electrons. The maximum atomic E-state index is 12.8. The topological polar surface area (TPSA) is 86.3 Å². The summed E-state index contributed by atoms with van der Waals surface area (Å²) in [7, 11) is -6.25. The van der Waals surface area contributed by atoms with Gasteiger partial charge in [0.15, 0.2) is 30.6 Å². The van der Waals surface area contributed by atoms with E-state index in [9.17, 15) is 18.0 Å². The molecule has 1 fully saturated rings. The van der Waals surface area contributed by atoms with Crippen LogP contribution in [0.15, 0.2) is 99.6 Å². The fraction of sp³-hybridized carbons (Fsp3) is 0.240. The van der Waals surface area contributed by atoms with E-state index in [0.717, 1.165) is 31.5 Å². The number of ketones is 1. The first kappa shape index (κ1) is 26.9. The van der Waals surface area contributed by atoms with Gasteiger partial charge < -0.3 is 9.87 Å². The number of carbonyl (C=O) groups excluding carboxylic acids is 1. The van der Waals surface area contributed by atoms with Crippen LogP contribution in [0.1, 0.15) is 23.2 Å². The molecular weight excluding hydrogens is 499 g/mol. The molecule has 0 radical (unpaired) electrons. The van der Waals surface area contributed by atoms with Gasteiger partial charge in [-0.2, -0.15) is 13.2 Å². The Bertz CT molecular complexity index is 1160. The van der Waals surface area contributed by atoms with Crippen molar-refractivity contribution in [1.29, 1.82) is 0 Å². The molecule has 0 saturated carbocycles. The van der Waals surface area contributed by atoms with Gasteiger partial charge >= 0.3 is 5.51 Å². The molecule has 0 atom stereocenters. The fourth-order valence-corrected chi connectivity index (χ4v) is 5.68. The number of Topliss-reactive ketones (excluding diaryl/α,β-unsaturated/α-hetero) is 1. The molecular formula is C25H24F3NO4S2. The molecule has 1 N–H and O–H groups in total. The number of rotatable bonds is 5. The third-order valence-corrected chi connectivity index (χ3v) is 8.12. The zero-order chi connectivity index (χ0) is 25.5. The first-order valence-electron chi connectivity index (χ1n) is 10.8. The van der Waals surface area contributed by atoms with Gasteiger partial charge in [0, 0.05) is 11.5 Å². The first-order chi connectivity index (χ1) is 16.6. The Balaban J connectivity index is 0.000000371. The van der Waals surface area contributed by atoms with Crippen LogP contribution in [0.4, 0.5) is 13.2 Å². The second kappa shape index (κ2) is 11.9. The van der Waals surface area contributed by atoms with Crippen molar-refractivity contribution in [3.05, 3.63) is 90.5 Å². The van der Waals surface area contributed by atoms with Crippen molar-refractivity contribution in [3.63, 3.8) is 0 Å². The number of piperidine rings is 1. The highest BCUT2D eigenvalue weighted by molar-refractivity contribution is 7.97. The lowest BCUT2D eigenvalue weighted by molar-refractivity contribution is -0.0517. The number of nitrogens with one attached hydrogen (secondary N) is 1. The molecule has 0 amide bonds. The van der Waals surface area contributed by atoms with Crippen molar-refractivity contribution in [2.45, 2.75) is 33.0 Å². The van der Waals surface area contributed by atoms with Crippen LogP contribution in [0, 0.1) is 5.92 Å². The maximum absolute atomic E-state index is 12.8. The third-order valence-electron chi connectivity index (χ3n) is 5.33. The lowest BCUT2D eigenvalue weighted by atomic mass is 9.90. The molecule has 1 aliphatic rings. The molecule has 3 aromatic carbocycles. The molecule has 10 heteroatoms.